The number of aromatic amines is 1. The maximum atomic E-state index is 13.2. The monoisotopic (exact) mass is 401 g/mol. The van der Waals surface area contributed by atoms with Crippen molar-refractivity contribution in [1.29, 1.82) is 0 Å². The third-order valence-corrected chi connectivity index (χ3v) is 5.69. The van der Waals surface area contributed by atoms with Crippen LogP contribution in [0.15, 0.2) is 47.4 Å². The molecule has 0 spiro atoms. The minimum absolute atomic E-state index is 0.0310. The van der Waals surface area contributed by atoms with Gasteiger partial charge in [0.15, 0.2) is 0 Å². The van der Waals surface area contributed by atoms with E-state index < -0.39 is 0 Å². The Hall–Kier alpha value is -3.41. The summed E-state index contributed by atoms with van der Waals surface area (Å²) in [5.41, 5.74) is 4.63. The van der Waals surface area contributed by atoms with Gasteiger partial charge in [-0.3, -0.25) is 14.5 Å². The van der Waals surface area contributed by atoms with E-state index in [-0.39, 0.29) is 17.4 Å². The number of fused-ring (bicyclic) bond motifs is 1. The number of carbonyl (C=O) groups is 1. The number of aryl methyl sites for hydroxylation is 2. The summed E-state index contributed by atoms with van der Waals surface area (Å²) in [5, 5.41) is 0. The van der Waals surface area contributed by atoms with E-state index in [1.54, 1.807) is 11.1 Å². The molecule has 0 saturated heterocycles. The van der Waals surface area contributed by atoms with Crippen LogP contribution in [0.25, 0.3) is 11.3 Å². The van der Waals surface area contributed by atoms with Crippen LogP contribution in [0, 0.1) is 19.8 Å². The van der Waals surface area contributed by atoms with Gasteiger partial charge in [-0.2, -0.15) is 0 Å². The van der Waals surface area contributed by atoms with E-state index in [0.717, 1.165) is 47.4 Å². The fourth-order valence-electron chi connectivity index (χ4n) is 3.88. The normalized spacial score (nSPS) is 14.9. The average Bonchev–Trinajstić information content (AvgIpc) is 3.49. The van der Waals surface area contributed by atoms with Gasteiger partial charge >= 0.3 is 0 Å². The second-order valence-electron chi connectivity index (χ2n) is 8.09. The first-order valence-corrected chi connectivity index (χ1v) is 10.3. The molecule has 6 heteroatoms. The van der Waals surface area contributed by atoms with Crippen molar-refractivity contribution in [2.45, 2.75) is 33.1 Å². The largest absolute Gasteiger partial charge is 0.493 e. The lowest BCUT2D eigenvalue weighted by Crippen LogP contribution is -2.28. The number of ether oxygens (including phenoxy) is 1. The maximum Gasteiger partial charge on any atom is 0.257 e. The van der Waals surface area contributed by atoms with E-state index >= 15 is 0 Å². The van der Waals surface area contributed by atoms with Gasteiger partial charge in [0, 0.05) is 18.5 Å². The lowest BCUT2D eigenvalue weighted by atomic mass is 10.1. The molecule has 1 saturated carbocycles. The van der Waals surface area contributed by atoms with Crippen molar-refractivity contribution in [2.75, 3.05) is 11.5 Å². The first-order valence-electron chi connectivity index (χ1n) is 10.3. The molecule has 1 fully saturated rings. The average molecular weight is 401 g/mol. The van der Waals surface area contributed by atoms with Crippen LogP contribution >= 0.6 is 0 Å². The number of hydrogen-bond donors (Lipinski definition) is 1. The van der Waals surface area contributed by atoms with Gasteiger partial charge in [0.1, 0.15) is 11.6 Å². The molecule has 1 amide bonds. The number of benzene rings is 1. The fourth-order valence-corrected chi connectivity index (χ4v) is 3.88. The second-order valence-corrected chi connectivity index (χ2v) is 8.09. The third-order valence-electron chi connectivity index (χ3n) is 5.69. The van der Waals surface area contributed by atoms with E-state index in [1.807, 2.05) is 50.2 Å². The van der Waals surface area contributed by atoms with Crippen molar-refractivity contribution < 1.29 is 9.53 Å². The summed E-state index contributed by atoms with van der Waals surface area (Å²) in [4.78, 5) is 35.0. The predicted octanol–water partition coefficient (Wildman–Crippen LogP) is 4.06. The minimum atomic E-state index is -0.192. The Labute approximate surface area is 174 Å². The zero-order chi connectivity index (χ0) is 20.8. The number of hydrogen-bond acceptors (Lipinski definition) is 4. The highest BCUT2D eigenvalue weighted by Crippen LogP contribution is 2.38. The summed E-state index contributed by atoms with van der Waals surface area (Å²) in [6, 6.07) is 11.5. The van der Waals surface area contributed by atoms with Gasteiger partial charge in [-0.15, -0.1) is 0 Å². The molecule has 2 aliphatic rings. The van der Waals surface area contributed by atoms with Gasteiger partial charge < -0.3 is 9.72 Å². The standard InChI is InChI=1S/C24H23N3O3/c1-14-11-19(23(28)25-13-14)22-15(2)3-8-21(26-22)27(24(29)16-4-5-16)18-6-7-20-17(12-18)9-10-30-20/h3,6-8,11-13,16H,4-5,9-10H2,1-2H3,(H,25,28). The number of anilines is 2. The van der Waals surface area contributed by atoms with Crippen LogP contribution in [0.3, 0.4) is 0 Å². The van der Waals surface area contributed by atoms with E-state index in [0.29, 0.717) is 23.7 Å². The molecular formula is C24H23N3O3. The Balaban J connectivity index is 1.64. The fraction of sp³-hybridized carbons (Fsp3) is 0.292. The number of nitrogens with one attached hydrogen (secondary N) is 1. The second kappa shape index (κ2) is 7.13. The topological polar surface area (TPSA) is 75.3 Å². The Bertz CT molecular complexity index is 1210. The summed E-state index contributed by atoms with van der Waals surface area (Å²) in [6.07, 6.45) is 4.32. The van der Waals surface area contributed by atoms with E-state index in [1.165, 1.54) is 0 Å². The van der Waals surface area contributed by atoms with E-state index in [4.69, 9.17) is 9.72 Å². The predicted molar refractivity (Wildman–Crippen MR) is 115 cm³/mol. The SMILES string of the molecule is Cc1c[nH]c(=O)c(-c2nc(N(C(=O)C3CC3)c3ccc4c(c3)CCO4)ccc2C)c1. The highest BCUT2D eigenvalue weighted by atomic mass is 16.5. The number of aromatic nitrogens is 2. The van der Waals surface area contributed by atoms with Gasteiger partial charge in [0.2, 0.25) is 5.91 Å². The summed E-state index contributed by atoms with van der Waals surface area (Å²) < 4.78 is 5.62. The van der Waals surface area contributed by atoms with Crippen LogP contribution in [0.5, 0.6) is 5.75 Å². The smallest absolute Gasteiger partial charge is 0.257 e. The molecule has 0 radical (unpaired) electrons. The summed E-state index contributed by atoms with van der Waals surface area (Å²) in [7, 11) is 0. The minimum Gasteiger partial charge on any atom is -0.493 e. The van der Waals surface area contributed by atoms with E-state index in [2.05, 4.69) is 4.98 Å². The van der Waals surface area contributed by atoms with Gasteiger partial charge in [-0.25, -0.2) is 4.98 Å². The Morgan fingerprint density at radius 1 is 1.17 bits per heavy atom. The molecule has 1 aliphatic heterocycles. The summed E-state index contributed by atoms with van der Waals surface area (Å²) in [5.74, 6) is 1.49. The molecular weight excluding hydrogens is 378 g/mol. The molecule has 1 aliphatic carbocycles. The summed E-state index contributed by atoms with van der Waals surface area (Å²) >= 11 is 0. The zero-order valence-corrected chi connectivity index (χ0v) is 17.1. The Morgan fingerprint density at radius 3 is 2.80 bits per heavy atom. The molecule has 6 nitrogen and oxygen atoms in total. The quantitative estimate of drug-likeness (QED) is 0.715. The highest BCUT2D eigenvalue weighted by molar-refractivity contribution is 6.02. The first kappa shape index (κ1) is 18.6. The Kier molecular flexibility index (Phi) is 4.42. The molecule has 1 N–H and O–H groups in total. The first-order chi connectivity index (χ1) is 14.5. The van der Waals surface area contributed by atoms with E-state index in [9.17, 15) is 9.59 Å². The molecule has 152 valence electrons. The van der Waals surface area contributed by atoms with Crippen LogP contribution in [-0.2, 0) is 11.2 Å². The molecule has 5 rings (SSSR count). The molecule has 3 aromatic rings. The van der Waals surface area contributed by atoms with Gasteiger partial charge in [-0.05, 0) is 73.7 Å². The molecule has 30 heavy (non-hydrogen) atoms. The van der Waals surface area contributed by atoms with Crippen molar-refractivity contribution >= 4 is 17.4 Å². The molecule has 0 bridgehead atoms. The van der Waals surface area contributed by atoms with Crippen molar-refractivity contribution in [2.24, 2.45) is 5.92 Å². The van der Waals surface area contributed by atoms with Crippen LogP contribution in [0.1, 0.15) is 29.5 Å². The lowest BCUT2D eigenvalue weighted by molar-refractivity contribution is -0.119. The van der Waals surface area contributed by atoms with Crippen molar-refractivity contribution in [1.82, 2.24) is 9.97 Å². The maximum absolute atomic E-state index is 13.2. The zero-order valence-electron chi connectivity index (χ0n) is 17.1. The Morgan fingerprint density at radius 2 is 2.00 bits per heavy atom. The van der Waals surface area contributed by atoms with Crippen LogP contribution in [-0.4, -0.2) is 22.5 Å². The van der Waals surface area contributed by atoms with Crippen LogP contribution < -0.4 is 15.2 Å². The number of amides is 1. The number of pyridine rings is 2. The molecule has 0 unspecified atom stereocenters. The van der Waals surface area contributed by atoms with Gasteiger partial charge in [0.05, 0.1) is 23.6 Å². The van der Waals surface area contributed by atoms with Crippen molar-refractivity contribution in [3.05, 3.63) is 69.6 Å². The molecule has 0 atom stereocenters. The molecule has 3 heterocycles. The number of nitrogens with zero attached hydrogens (tertiary/aromatic N) is 2. The summed E-state index contributed by atoms with van der Waals surface area (Å²) in [6.45, 7) is 4.51. The molecule has 1 aromatic carbocycles. The number of rotatable bonds is 4. The van der Waals surface area contributed by atoms with Gasteiger partial charge in [-0.1, -0.05) is 6.07 Å². The van der Waals surface area contributed by atoms with Crippen molar-refractivity contribution in [3.8, 4) is 17.0 Å². The highest BCUT2D eigenvalue weighted by Gasteiger charge is 2.36. The third kappa shape index (κ3) is 3.28. The van der Waals surface area contributed by atoms with Gasteiger partial charge in [0.25, 0.3) is 5.56 Å². The number of H-pyrrole nitrogens is 1. The van der Waals surface area contributed by atoms with Crippen LogP contribution in [0.4, 0.5) is 11.5 Å². The van der Waals surface area contributed by atoms with Crippen molar-refractivity contribution in [3.63, 3.8) is 0 Å². The lowest BCUT2D eigenvalue weighted by Gasteiger charge is -2.23. The number of carbonyl (C=O) groups excluding carboxylic acids is 1. The molecule has 2 aromatic heterocycles. The van der Waals surface area contributed by atoms with Crippen LogP contribution in [0.2, 0.25) is 0 Å².